The molecule has 1 fully saturated rings. The van der Waals surface area contributed by atoms with E-state index in [1.165, 1.54) is 5.56 Å². The average Bonchev–Trinajstić information content (AvgIpc) is 3.20. The van der Waals surface area contributed by atoms with Crippen molar-refractivity contribution in [3.8, 4) is 5.75 Å². The third-order valence-electron chi connectivity index (χ3n) is 5.51. The van der Waals surface area contributed by atoms with Gasteiger partial charge in [0.25, 0.3) is 5.91 Å². The summed E-state index contributed by atoms with van der Waals surface area (Å²) in [6, 6.07) is 16.0. The Kier molecular flexibility index (Phi) is 5.92. The third-order valence-corrected chi connectivity index (χ3v) is 5.51. The number of ether oxygens (including phenoxy) is 2. The molecule has 0 aliphatic carbocycles. The average molecular weight is 393 g/mol. The van der Waals surface area contributed by atoms with Crippen LogP contribution in [-0.2, 0) is 9.53 Å². The zero-order valence-electron chi connectivity index (χ0n) is 17.0. The highest BCUT2D eigenvalue weighted by molar-refractivity contribution is 6.03. The van der Waals surface area contributed by atoms with Crippen LogP contribution >= 0.6 is 0 Å². The highest BCUT2D eigenvalue weighted by Crippen LogP contribution is 2.37. The third kappa shape index (κ3) is 4.33. The summed E-state index contributed by atoms with van der Waals surface area (Å²) < 4.78 is 11.0. The summed E-state index contributed by atoms with van der Waals surface area (Å²) in [5.74, 6) is 0.784. The van der Waals surface area contributed by atoms with Crippen LogP contribution in [0.3, 0.4) is 0 Å². The number of hydrogen-bond donors (Lipinski definition) is 0. The number of aryl methyl sites for hydroxylation is 1. The summed E-state index contributed by atoms with van der Waals surface area (Å²) in [5.41, 5.74) is 4.17. The van der Waals surface area contributed by atoms with Crippen LogP contribution in [0.1, 0.15) is 29.2 Å². The molecule has 0 aromatic heterocycles. The Morgan fingerprint density at radius 2 is 1.86 bits per heavy atom. The first-order valence-corrected chi connectivity index (χ1v) is 10.1. The first-order valence-electron chi connectivity index (χ1n) is 10.1. The van der Waals surface area contributed by atoms with Gasteiger partial charge in [-0.1, -0.05) is 48.0 Å². The Balaban J connectivity index is 1.63. The molecule has 1 atom stereocenters. The molecule has 2 heterocycles. The lowest BCUT2D eigenvalue weighted by Gasteiger charge is -2.29. The fourth-order valence-electron chi connectivity index (χ4n) is 3.87. The van der Waals surface area contributed by atoms with Crippen LogP contribution in [0, 0.1) is 6.92 Å². The summed E-state index contributed by atoms with van der Waals surface area (Å²) in [6.07, 6.45) is 0.665. The number of methoxy groups -OCH3 is 1. The Morgan fingerprint density at radius 1 is 1.14 bits per heavy atom. The molecule has 29 heavy (non-hydrogen) atoms. The van der Waals surface area contributed by atoms with Gasteiger partial charge in [0.2, 0.25) is 0 Å². The number of nitrogens with zero attached hydrogens (tertiary/aromatic N) is 3. The van der Waals surface area contributed by atoms with Gasteiger partial charge in [0.15, 0.2) is 0 Å². The lowest BCUT2D eigenvalue weighted by molar-refractivity contribution is -0.135. The van der Waals surface area contributed by atoms with Crippen LogP contribution in [0.4, 0.5) is 0 Å². The zero-order chi connectivity index (χ0) is 20.2. The predicted molar refractivity (Wildman–Crippen MR) is 112 cm³/mol. The number of amides is 1. The van der Waals surface area contributed by atoms with E-state index in [2.05, 4.69) is 36.1 Å². The molecular formula is C23H27N3O3. The predicted octanol–water partition coefficient (Wildman–Crippen LogP) is 3.01. The van der Waals surface area contributed by atoms with Crippen molar-refractivity contribution in [3.05, 3.63) is 65.2 Å². The molecule has 2 aliphatic heterocycles. The molecule has 2 aromatic rings. The van der Waals surface area contributed by atoms with Gasteiger partial charge < -0.3 is 9.47 Å². The number of hydrogen-bond acceptors (Lipinski definition) is 5. The lowest BCUT2D eigenvalue weighted by atomic mass is 9.97. The summed E-state index contributed by atoms with van der Waals surface area (Å²) in [5, 5.41) is 6.43. The van der Waals surface area contributed by atoms with E-state index in [1.807, 2.05) is 24.3 Å². The van der Waals surface area contributed by atoms with Crippen molar-refractivity contribution in [1.29, 1.82) is 0 Å². The Hall–Kier alpha value is -2.70. The quantitative estimate of drug-likeness (QED) is 0.784. The van der Waals surface area contributed by atoms with E-state index in [0.29, 0.717) is 26.2 Å². The summed E-state index contributed by atoms with van der Waals surface area (Å²) in [6.45, 7) is 5.29. The molecule has 0 radical (unpaired) electrons. The van der Waals surface area contributed by atoms with Crippen LogP contribution < -0.4 is 4.74 Å². The second kappa shape index (κ2) is 8.76. The van der Waals surface area contributed by atoms with Crippen LogP contribution in [0.25, 0.3) is 0 Å². The van der Waals surface area contributed by atoms with Crippen molar-refractivity contribution in [2.75, 3.05) is 40.0 Å². The molecule has 0 saturated carbocycles. The minimum absolute atomic E-state index is 0.00455. The van der Waals surface area contributed by atoms with E-state index in [-0.39, 0.29) is 11.9 Å². The number of rotatable bonds is 5. The molecule has 152 valence electrons. The topological polar surface area (TPSA) is 54.4 Å². The van der Waals surface area contributed by atoms with Gasteiger partial charge in [0, 0.05) is 25.1 Å². The number of hydrazone groups is 1. The SMILES string of the molecule is COc1ccccc1[C@@H]1CC(c2ccc(C)cc2)=NN1C(=O)CN1CCOCC1. The van der Waals surface area contributed by atoms with Crippen molar-refractivity contribution in [1.82, 2.24) is 9.91 Å². The molecule has 1 saturated heterocycles. The van der Waals surface area contributed by atoms with Gasteiger partial charge in [0.05, 0.1) is 38.6 Å². The molecule has 0 spiro atoms. The van der Waals surface area contributed by atoms with Gasteiger partial charge in [-0.2, -0.15) is 5.10 Å². The van der Waals surface area contributed by atoms with Gasteiger partial charge in [0.1, 0.15) is 5.75 Å². The molecule has 4 rings (SSSR count). The molecule has 6 nitrogen and oxygen atoms in total. The molecular weight excluding hydrogens is 366 g/mol. The Morgan fingerprint density at radius 3 is 2.59 bits per heavy atom. The maximum absolute atomic E-state index is 13.2. The Labute approximate surface area is 171 Å². The number of para-hydroxylation sites is 1. The van der Waals surface area contributed by atoms with Crippen molar-refractivity contribution < 1.29 is 14.3 Å². The van der Waals surface area contributed by atoms with Gasteiger partial charge in [-0.05, 0) is 18.6 Å². The van der Waals surface area contributed by atoms with Gasteiger partial charge in [-0.25, -0.2) is 5.01 Å². The Bertz CT molecular complexity index is 888. The first-order chi connectivity index (χ1) is 14.2. The number of morpholine rings is 1. The molecule has 0 bridgehead atoms. The van der Waals surface area contributed by atoms with E-state index >= 15 is 0 Å². The molecule has 6 heteroatoms. The highest BCUT2D eigenvalue weighted by Gasteiger charge is 2.35. The number of carbonyl (C=O) groups is 1. The van der Waals surface area contributed by atoms with Crippen LogP contribution in [0.15, 0.2) is 53.6 Å². The maximum atomic E-state index is 13.2. The lowest BCUT2D eigenvalue weighted by Crippen LogP contribution is -2.43. The monoisotopic (exact) mass is 393 g/mol. The van der Waals surface area contributed by atoms with Crippen LogP contribution in [0.5, 0.6) is 5.75 Å². The van der Waals surface area contributed by atoms with E-state index in [4.69, 9.17) is 14.6 Å². The van der Waals surface area contributed by atoms with Crippen molar-refractivity contribution in [3.63, 3.8) is 0 Å². The highest BCUT2D eigenvalue weighted by atomic mass is 16.5. The van der Waals surface area contributed by atoms with Crippen molar-refractivity contribution in [2.45, 2.75) is 19.4 Å². The fraction of sp³-hybridized carbons (Fsp3) is 0.391. The fourth-order valence-corrected chi connectivity index (χ4v) is 3.87. The van der Waals surface area contributed by atoms with Gasteiger partial charge >= 0.3 is 0 Å². The normalized spacial score (nSPS) is 19.9. The van der Waals surface area contributed by atoms with E-state index in [1.54, 1.807) is 12.1 Å². The largest absolute Gasteiger partial charge is 0.496 e. The van der Waals surface area contributed by atoms with Crippen molar-refractivity contribution >= 4 is 11.6 Å². The molecule has 0 unspecified atom stereocenters. The van der Waals surface area contributed by atoms with Crippen LogP contribution in [-0.4, -0.2) is 61.5 Å². The smallest absolute Gasteiger partial charge is 0.257 e. The second-order valence-electron chi connectivity index (χ2n) is 7.50. The van der Waals surface area contributed by atoms with E-state index in [9.17, 15) is 4.79 Å². The molecule has 2 aromatic carbocycles. The molecule has 1 amide bonds. The summed E-state index contributed by atoms with van der Waals surface area (Å²) >= 11 is 0. The summed E-state index contributed by atoms with van der Waals surface area (Å²) in [4.78, 5) is 15.4. The first kappa shape index (κ1) is 19.6. The van der Waals surface area contributed by atoms with Crippen LogP contribution in [0.2, 0.25) is 0 Å². The van der Waals surface area contributed by atoms with Gasteiger partial charge in [-0.15, -0.1) is 0 Å². The number of carbonyl (C=O) groups excluding carboxylic acids is 1. The van der Waals surface area contributed by atoms with Gasteiger partial charge in [-0.3, -0.25) is 9.69 Å². The number of benzene rings is 2. The van der Waals surface area contributed by atoms with Crippen molar-refractivity contribution in [2.24, 2.45) is 5.10 Å². The molecule has 2 aliphatic rings. The van der Waals surface area contributed by atoms with E-state index < -0.39 is 0 Å². The molecule has 0 N–H and O–H groups in total. The summed E-state index contributed by atoms with van der Waals surface area (Å²) in [7, 11) is 1.66. The zero-order valence-corrected chi connectivity index (χ0v) is 17.0. The minimum Gasteiger partial charge on any atom is -0.496 e. The second-order valence-corrected chi connectivity index (χ2v) is 7.50. The van der Waals surface area contributed by atoms with E-state index in [0.717, 1.165) is 35.7 Å². The minimum atomic E-state index is -0.170. The standard InChI is InChI=1S/C23H27N3O3/c1-17-7-9-18(10-8-17)20-15-21(19-5-3-4-6-22(19)28-2)26(24-20)23(27)16-25-11-13-29-14-12-25/h3-10,21H,11-16H2,1-2H3/t21-/m0/s1. The maximum Gasteiger partial charge on any atom is 0.257 e.